The Kier molecular flexibility index (Phi) is 6.15. The summed E-state index contributed by atoms with van der Waals surface area (Å²) in [6.45, 7) is 3.38. The first-order valence-corrected chi connectivity index (χ1v) is 9.42. The number of amides is 2. The summed E-state index contributed by atoms with van der Waals surface area (Å²) in [6.07, 6.45) is 0. The van der Waals surface area contributed by atoms with E-state index in [4.69, 9.17) is 0 Å². The first-order chi connectivity index (χ1) is 13.4. The Bertz CT molecular complexity index is 989. The molecule has 0 spiro atoms. The summed E-state index contributed by atoms with van der Waals surface area (Å²) >= 11 is 3.38. The van der Waals surface area contributed by atoms with E-state index < -0.39 is 6.04 Å². The van der Waals surface area contributed by atoms with Crippen molar-refractivity contribution < 1.29 is 9.59 Å². The minimum absolute atomic E-state index is 0.154. The summed E-state index contributed by atoms with van der Waals surface area (Å²) in [7, 11) is 0. The number of carbonyl (C=O) groups is 2. The van der Waals surface area contributed by atoms with Gasteiger partial charge in [-0.25, -0.2) is 0 Å². The lowest BCUT2D eigenvalue weighted by Crippen LogP contribution is -2.37. The van der Waals surface area contributed by atoms with E-state index in [0.29, 0.717) is 11.5 Å². The smallest absolute Gasteiger partial charge is 0.246 e. The number of aromatic nitrogens is 4. The van der Waals surface area contributed by atoms with E-state index in [1.54, 1.807) is 13.0 Å². The zero-order valence-corrected chi connectivity index (χ0v) is 17.0. The van der Waals surface area contributed by atoms with Crippen molar-refractivity contribution in [3.63, 3.8) is 0 Å². The maximum absolute atomic E-state index is 12.3. The highest BCUT2D eigenvalue weighted by Gasteiger charge is 2.19. The summed E-state index contributed by atoms with van der Waals surface area (Å²) < 4.78 is 0.931. The lowest BCUT2D eigenvalue weighted by molar-refractivity contribution is -0.126. The standard InChI is InChI=1S/C19H19BrN6O2/c1-12-10-15(20)8-9-16(12)22-17(27)11-21-19(28)13(2)26-24-18(23-25-26)14-6-4-3-5-7-14/h3-10,13H,11H2,1-2H3,(H,21,28)(H,22,27). The number of anilines is 1. The molecule has 0 aliphatic rings. The summed E-state index contributed by atoms with van der Waals surface area (Å²) in [6, 6.07) is 14.2. The molecule has 8 nitrogen and oxygen atoms in total. The molecule has 1 heterocycles. The third kappa shape index (κ3) is 4.80. The third-order valence-corrected chi connectivity index (χ3v) is 4.57. The average Bonchev–Trinajstić information content (AvgIpc) is 3.18. The number of nitrogens with zero attached hydrogens (tertiary/aromatic N) is 4. The lowest BCUT2D eigenvalue weighted by atomic mass is 10.2. The van der Waals surface area contributed by atoms with Gasteiger partial charge in [0.05, 0.1) is 6.54 Å². The number of carbonyl (C=O) groups excluding carboxylic acids is 2. The Balaban J connectivity index is 1.56. The SMILES string of the molecule is Cc1cc(Br)ccc1NC(=O)CNC(=O)C(C)n1nnc(-c2ccccc2)n1. The van der Waals surface area contributed by atoms with Crippen LogP contribution in [0, 0.1) is 6.92 Å². The van der Waals surface area contributed by atoms with Crippen molar-refractivity contribution >= 4 is 33.4 Å². The van der Waals surface area contributed by atoms with Gasteiger partial charge in [-0.3, -0.25) is 9.59 Å². The Morgan fingerprint density at radius 1 is 1.18 bits per heavy atom. The van der Waals surface area contributed by atoms with Crippen LogP contribution < -0.4 is 10.6 Å². The van der Waals surface area contributed by atoms with E-state index in [-0.39, 0.29) is 18.4 Å². The molecule has 3 aromatic rings. The lowest BCUT2D eigenvalue weighted by Gasteiger charge is -2.12. The van der Waals surface area contributed by atoms with Gasteiger partial charge < -0.3 is 10.6 Å². The highest BCUT2D eigenvalue weighted by molar-refractivity contribution is 9.10. The fourth-order valence-corrected chi connectivity index (χ4v) is 2.95. The third-order valence-electron chi connectivity index (χ3n) is 4.07. The molecule has 1 unspecified atom stereocenters. The Hall–Kier alpha value is -3.07. The molecule has 0 fully saturated rings. The Labute approximate surface area is 170 Å². The van der Waals surface area contributed by atoms with Crippen LogP contribution in [0.4, 0.5) is 5.69 Å². The summed E-state index contributed by atoms with van der Waals surface area (Å²) in [5.74, 6) is -0.258. The molecular formula is C19H19BrN6O2. The van der Waals surface area contributed by atoms with Crippen molar-refractivity contribution in [1.29, 1.82) is 0 Å². The first kappa shape index (κ1) is 19.7. The van der Waals surface area contributed by atoms with E-state index in [1.165, 1.54) is 4.80 Å². The van der Waals surface area contributed by atoms with Gasteiger partial charge in [0.15, 0.2) is 0 Å². The molecule has 1 aromatic heterocycles. The van der Waals surface area contributed by atoms with E-state index >= 15 is 0 Å². The second kappa shape index (κ2) is 8.75. The minimum atomic E-state index is -0.702. The van der Waals surface area contributed by atoms with Crippen LogP contribution in [0.5, 0.6) is 0 Å². The van der Waals surface area contributed by atoms with Crippen molar-refractivity contribution in [2.24, 2.45) is 0 Å². The fraction of sp³-hybridized carbons (Fsp3) is 0.211. The average molecular weight is 443 g/mol. The maximum Gasteiger partial charge on any atom is 0.246 e. The topological polar surface area (TPSA) is 102 Å². The zero-order chi connectivity index (χ0) is 20.1. The van der Waals surface area contributed by atoms with Crippen LogP contribution in [-0.4, -0.2) is 38.6 Å². The van der Waals surface area contributed by atoms with Crippen molar-refractivity contribution in [2.75, 3.05) is 11.9 Å². The normalized spacial score (nSPS) is 11.7. The molecule has 0 saturated heterocycles. The Morgan fingerprint density at radius 2 is 1.93 bits per heavy atom. The molecule has 2 aromatic carbocycles. The summed E-state index contributed by atoms with van der Waals surface area (Å²) in [4.78, 5) is 25.7. The number of halogens is 1. The molecule has 0 aliphatic heterocycles. The number of nitrogens with one attached hydrogen (secondary N) is 2. The Morgan fingerprint density at radius 3 is 2.64 bits per heavy atom. The molecule has 0 radical (unpaired) electrons. The van der Waals surface area contributed by atoms with Gasteiger partial charge in [0.25, 0.3) is 0 Å². The van der Waals surface area contributed by atoms with Crippen LogP contribution in [0.15, 0.2) is 53.0 Å². The number of hydrogen-bond acceptors (Lipinski definition) is 5. The molecule has 0 bridgehead atoms. The molecule has 9 heteroatoms. The van der Waals surface area contributed by atoms with Crippen molar-refractivity contribution in [1.82, 2.24) is 25.5 Å². The van der Waals surface area contributed by atoms with Crippen LogP contribution in [0.1, 0.15) is 18.5 Å². The van der Waals surface area contributed by atoms with Gasteiger partial charge in [-0.2, -0.15) is 4.80 Å². The number of aryl methyl sites for hydroxylation is 1. The van der Waals surface area contributed by atoms with Gasteiger partial charge in [-0.05, 0) is 42.8 Å². The van der Waals surface area contributed by atoms with Crippen LogP contribution >= 0.6 is 15.9 Å². The second-order valence-corrected chi connectivity index (χ2v) is 7.12. The van der Waals surface area contributed by atoms with Crippen molar-refractivity contribution in [3.05, 3.63) is 58.6 Å². The molecule has 2 amide bonds. The number of benzene rings is 2. The largest absolute Gasteiger partial charge is 0.345 e. The quantitative estimate of drug-likeness (QED) is 0.610. The van der Waals surface area contributed by atoms with Crippen LogP contribution in [0.3, 0.4) is 0 Å². The van der Waals surface area contributed by atoms with Gasteiger partial charge in [-0.15, -0.1) is 10.2 Å². The number of tetrazole rings is 1. The monoisotopic (exact) mass is 442 g/mol. The predicted octanol–water partition coefficient (Wildman–Crippen LogP) is 2.73. The number of rotatable bonds is 6. The van der Waals surface area contributed by atoms with Gasteiger partial charge in [0.1, 0.15) is 6.04 Å². The molecule has 2 N–H and O–H groups in total. The minimum Gasteiger partial charge on any atom is -0.345 e. The fourth-order valence-electron chi connectivity index (χ4n) is 2.47. The molecular weight excluding hydrogens is 424 g/mol. The second-order valence-electron chi connectivity index (χ2n) is 6.20. The van der Waals surface area contributed by atoms with Gasteiger partial charge >= 0.3 is 0 Å². The highest BCUT2D eigenvalue weighted by atomic mass is 79.9. The van der Waals surface area contributed by atoms with Crippen molar-refractivity contribution in [3.8, 4) is 11.4 Å². The zero-order valence-electron chi connectivity index (χ0n) is 15.4. The molecule has 0 aliphatic carbocycles. The summed E-state index contributed by atoms with van der Waals surface area (Å²) in [5, 5.41) is 17.5. The van der Waals surface area contributed by atoms with Gasteiger partial charge in [-0.1, -0.05) is 46.3 Å². The first-order valence-electron chi connectivity index (χ1n) is 8.62. The van der Waals surface area contributed by atoms with E-state index in [2.05, 4.69) is 42.0 Å². The van der Waals surface area contributed by atoms with Crippen molar-refractivity contribution in [2.45, 2.75) is 19.9 Å². The molecule has 1 atom stereocenters. The van der Waals surface area contributed by atoms with E-state index in [9.17, 15) is 9.59 Å². The maximum atomic E-state index is 12.3. The van der Waals surface area contributed by atoms with Crippen LogP contribution in [0.2, 0.25) is 0 Å². The van der Waals surface area contributed by atoms with Gasteiger partial charge in [0, 0.05) is 15.7 Å². The molecule has 28 heavy (non-hydrogen) atoms. The number of hydrogen-bond donors (Lipinski definition) is 2. The van der Waals surface area contributed by atoms with Gasteiger partial charge in [0.2, 0.25) is 17.6 Å². The van der Waals surface area contributed by atoms with E-state index in [1.807, 2.05) is 49.4 Å². The predicted molar refractivity (Wildman–Crippen MR) is 108 cm³/mol. The van der Waals surface area contributed by atoms with E-state index in [0.717, 1.165) is 15.6 Å². The highest BCUT2D eigenvalue weighted by Crippen LogP contribution is 2.19. The van der Waals surface area contributed by atoms with Crippen LogP contribution in [0.25, 0.3) is 11.4 Å². The molecule has 0 saturated carbocycles. The molecule has 144 valence electrons. The van der Waals surface area contributed by atoms with Crippen LogP contribution in [-0.2, 0) is 9.59 Å². The molecule has 3 rings (SSSR count). The summed E-state index contributed by atoms with van der Waals surface area (Å²) in [5.41, 5.74) is 2.43.